The zero-order valence-electron chi connectivity index (χ0n) is 7.97. The molecule has 8 heteroatoms. The first-order valence-corrected chi connectivity index (χ1v) is 5.70. The minimum Gasteiger partial charge on any atom is -0.409 e. The molecule has 0 unspecified atom stereocenters. The van der Waals surface area contributed by atoms with E-state index in [1.807, 2.05) is 0 Å². The van der Waals surface area contributed by atoms with Gasteiger partial charge in [-0.1, -0.05) is 5.16 Å². The van der Waals surface area contributed by atoms with Gasteiger partial charge in [-0.05, 0) is 0 Å². The predicted molar refractivity (Wildman–Crippen MR) is 50.8 cm³/mol. The summed E-state index contributed by atoms with van der Waals surface area (Å²) < 4.78 is 21.5. The van der Waals surface area contributed by atoms with Crippen molar-refractivity contribution in [3.05, 3.63) is 0 Å². The molecule has 0 atom stereocenters. The predicted octanol–water partition coefficient (Wildman–Crippen LogP) is -1.76. The van der Waals surface area contributed by atoms with Gasteiger partial charge in [0.25, 0.3) is 0 Å². The second-order valence-electron chi connectivity index (χ2n) is 2.91. The van der Waals surface area contributed by atoms with E-state index in [0.717, 1.165) is 11.2 Å². The lowest BCUT2D eigenvalue weighted by atomic mass is 10.5. The molecule has 0 bridgehead atoms. The number of rotatable bonds is 4. The number of amidine groups is 1. The quantitative estimate of drug-likeness (QED) is 0.253. The van der Waals surface area contributed by atoms with Crippen molar-refractivity contribution < 1.29 is 18.4 Å². The Labute approximate surface area is 82.1 Å². The van der Waals surface area contributed by atoms with Crippen LogP contribution in [0.4, 0.5) is 0 Å². The van der Waals surface area contributed by atoms with E-state index in [1.165, 1.54) is 7.05 Å². The molecule has 0 saturated carbocycles. The van der Waals surface area contributed by atoms with Gasteiger partial charge < -0.3 is 15.8 Å². The van der Waals surface area contributed by atoms with Crippen molar-refractivity contribution in [2.75, 3.05) is 25.6 Å². The van der Waals surface area contributed by atoms with Crippen molar-refractivity contribution >= 4 is 21.6 Å². The van der Waals surface area contributed by atoms with E-state index in [9.17, 15) is 13.2 Å². The van der Waals surface area contributed by atoms with Crippen LogP contribution in [0, 0.1) is 0 Å². The summed E-state index contributed by atoms with van der Waals surface area (Å²) in [7, 11) is -1.98. The lowest BCUT2D eigenvalue weighted by Crippen LogP contribution is -2.38. The van der Waals surface area contributed by atoms with Crippen molar-refractivity contribution in [2.24, 2.45) is 10.9 Å². The first-order chi connectivity index (χ1) is 6.26. The second-order valence-corrected chi connectivity index (χ2v) is 5.05. The Bertz CT molecular complexity index is 335. The van der Waals surface area contributed by atoms with Gasteiger partial charge in [0.15, 0.2) is 15.7 Å². The standard InChI is InChI=1S/C6H13N3O4S/c1-9(3-5(7)8-11)6(10)4-14(2,12)13/h11H,3-4H2,1-2H3,(H2,7,8). The zero-order chi connectivity index (χ0) is 11.4. The van der Waals surface area contributed by atoms with Crippen LogP contribution < -0.4 is 5.73 Å². The molecule has 7 nitrogen and oxygen atoms in total. The van der Waals surface area contributed by atoms with Crippen LogP contribution in [0.5, 0.6) is 0 Å². The molecule has 0 heterocycles. The Kier molecular flexibility index (Phi) is 4.35. The third-order valence-electron chi connectivity index (χ3n) is 1.34. The minimum absolute atomic E-state index is 0.106. The lowest BCUT2D eigenvalue weighted by Gasteiger charge is -2.15. The van der Waals surface area contributed by atoms with Gasteiger partial charge in [-0.3, -0.25) is 4.79 Å². The number of carbonyl (C=O) groups is 1. The van der Waals surface area contributed by atoms with Gasteiger partial charge in [-0.15, -0.1) is 0 Å². The number of nitrogens with two attached hydrogens (primary N) is 1. The number of likely N-dealkylation sites (N-methyl/N-ethyl adjacent to an activating group) is 1. The Balaban J connectivity index is 4.28. The zero-order valence-corrected chi connectivity index (χ0v) is 8.78. The summed E-state index contributed by atoms with van der Waals surface area (Å²) in [6, 6.07) is 0. The van der Waals surface area contributed by atoms with Gasteiger partial charge >= 0.3 is 0 Å². The van der Waals surface area contributed by atoms with Crippen molar-refractivity contribution in [1.82, 2.24) is 4.90 Å². The summed E-state index contributed by atoms with van der Waals surface area (Å²) >= 11 is 0. The molecule has 0 aromatic rings. The molecule has 14 heavy (non-hydrogen) atoms. The molecule has 0 saturated heterocycles. The van der Waals surface area contributed by atoms with Crippen molar-refractivity contribution in [3.63, 3.8) is 0 Å². The third-order valence-corrected chi connectivity index (χ3v) is 2.11. The van der Waals surface area contributed by atoms with Crippen LogP contribution in [-0.2, 0) is 14.6 Å². The SMILES string of the molecule is CN(CC(N)=NO)C(=O)CS(C)(=O)=O. The number of sulfone groups is 1. The molecule has 1 amide bonds. The van der Waals surface area contributed by atoms with E-state index < -0.39 is 21.5 Å². The van der Waals surface area contributed by atoms with Crippen LogP contribution >= 0.6 is 0 Å². The van der Waals surface area contributed by atoms with Crippen molar-refractivity contribution in [1.29, 1.82) is 0 Å². The molecule has 0 radical (unpaired) electrons. The molecule has 0 spiro atoms. The van der Waals surface area contributed by atoms with E-state index in [2.05, 4.69) is 5.16 Å². The van der Waals surface area contributed by atoms with Crippen molar-refractivity contribution in [2.45, 2.75) is 0 Å². The monoisotopic (exact) mass is 223 g/mol. The fourth-order valence-corrected chi connectivity index (χ4v) is 1.37. The highest BCUT2D eigenvalue weighted by Gasteiger charge is 2.15. The summed E-state index contributed by atoms with van der Waals surface area (Å²) in [5, 5.41) is 10.9. The fourth-order valence-electron chi connectivity index (χ4n) is 0.697. The number of amides is 1. The molecule has 0 aliphatic rings. The molecule has 0 fully saturated rings. The van der Waals surface area contributed by atoms with E-state index >= 15 is 0 Å². The average Bonchev–Trinajstić information content (AvgIpc) is 2.00. The average molecular weight is 223 g/mol. The topological polar surface area (TPSA) is 113 Å². The molecule has 0 aromatic heterocycles. The highest BCUT2D eigenvalue weighted by atomic mass is 32.2. The van der Waals surface area contributed by atoms with Crippen LogP contribution in [0.1, 0.15) is 0 Å². The van der Waals surface area contributed by atoms with Gasteiger partial charge in [0.2, 0.25) is 5.91 Å². The number of oxime groups is 1. The summed E-state index contributed by atoms with van der Waals surface area (Å²) in [5.41, 5.74) is 5.13. The summed E-state index contributed by atoms with van der Waals surface area (Å²) in [4.78, 5) is 12.2. The minimum atomic E-state index is -3.35. The third kappa shape index (κ3) is 5.36. The first-order valence-electron chi connectivity index (χ1n) is 3.64. The van der Waals surface area contributed by atoms with E-state index in [-0.39, 0.29) is 12.4 Å². The van der Waals surface area contributed by atoms with E-state index in [4.69, 9.17) is 10.9 Å². The summed E-state index contributed by atoms with van der Waals surface area (Å²) in [6.07, 6.45) is 0.961. The second kappa shape index (κ2) is 4.80. The Morgan fingerprint density at radius 3 is 2.43 bits per heavy atom. The van der Waals surface area contributed by atoms with Crippen LogP contribution in [-0.4, -0.2) is 55.9 Å². The molecule has 0 aromatic carbocycles. The number of carbonyl (C=O) groups excluding carboxylic acids is 1. The lowest BCUT2D eigenvalue weighted by molar-refractivity contribution is -0.126. The normalized spacial score (nSPS) is 12.6. The number of hydrogen-bond donors (Lipinski definition) is 2. The molecular weight excluding hydrogens is 210 g/mol. The highest BCUT2D eigenvalue weighted by Crippen LogP contribution is 1.90. The van der Waals surface area contributed by atoms with Gasteiger partial charge in [-0.2, -0.15) is 0 Å². The van der Waals surface area contributed by atoms with E-state index in [0.29, 0.717) is 0 Å². The molecule has 3 N–H and O–H groups in total. The number of hydrogen-bond acceptors (Lipinski definition) is 5. The Morgan fingerprint density at radius 1 is 1.57 bits per heavy atom. The van der Waals surface area contributed by atoms with Crippen molar-refractivity contribution in [3.8, 4) is 0 Å². The maximum Gasteiger partial charge on any atom is 0.237 e. The van der Waals surface area contributed by atoms with Gasteiger partial charge in [0.05, 0.1) is 6.54 Å². The van der Waals surface area contributed by atoms with E-state index in [1.54, 1.807) is 0 Å². The highest BCUT2D eigenvalue weighted by molar-refractivity contribution is 7.91. The molecular formula is C6H13N3O4S. The molecule has 0 aliphatic heterocycles. The fraction of sp³-hybridized carbons (Fsp3) is 0.667. The van der Waals surface area contributed by atoms with Crippen LogP contribution in [0.3, 0.4) is 0 Å². The molecule has 0 rings (SSSR count). The van der Waals surface area contributed by atoms with Gasteiger partial charge in [-0.25, -0.2) is 8.42 Å². The molecule has 0 aliphatic carbocycles. The maximum atomic E-state index is 11.2. The van der Waals surface area contributed by atoms with Crippen LogP contribution in [0.2, 0.25) is 0 Å². The summed E-state index contributed by atoms with van der Waals surface area (Å²) in [5.74, 6) is -1.34. The molecule has 82 valence electrons. The van der Waals surface area contributed by atoms with Crippen LogP contribution in [0.15, 0.2) is 5.16 Å². The van der Waals surface area contributed by atoms with Gasteiger partial charge in [0, 0.05) is 13.3 Å². The Morgan fingerprint density at radius 2 is 2.07 bits per heavy atom. The maximum absolute atomic E-state index is 11.2. The first kappa shape index (κ1) is 12.7. The van der Waals surface area contributed by atoms with Gasteiger partial charge in [0.1, 0.15) is 5.75 Å². The smallest absolute Gasteiger partial charge is 0.237 e. The Hall–Kier alpha value is -1.31. The van der Waals surface area contributed by atoms with Crippen LogP contribution in [0.25, 0.3) is 0 Å². The largest absolute Gasteiger partial charge is 0.409 e. The summed E-state index contributed by atoms with van der Waals surface area (Å²) in [6.45, 7) is -0.106. The number of nitrogens with zero attached hydrogens (tertiary/aromatic N) is 2.